The van der Waals surface area contributed by atoms with Gasteiger partial charge < -0.3 is 4.90 Å². The third-order valence-electron chi connectivity index (χ3n) is 3.37. The Kier molecular flexibility index (Phi) is 2.05. The van der Waals surface area contributed by atoms with E-state index in [4.69, 9.17) is 0 Å². The molecule has 1 aliphatic rings. The van der Waals surface area contributed by atoms with Crippen LogP contribution in [0.1, 0.15) is 15.9 Å². The van der Waals surface area contributed by atoms with Crippen LogP contribution < -0.4 is 4.90 Å². The van der Waals surface area contributed by atoms with Gasteiger partial charge in [0, 0.05) is 18.0 Å². The Morgan fingerprint density at radius 3 is 2.88 bits per heavy atom. The molecule has 17 heavy (non-hydrogen) atoms. The molecule has 0 saturated carbocycles. The highest BCUT2D eigenvalue weighted by molar-refractivity contribution is 6.25. The molecule has 0 aromatic heterocycles. The molecule has 0 aliphatic carbocycles. The first kappa shape index (κ1) is 10.1. The van der Waals surface area contributed by atoms with Gasteiger partial charge in [0.25, 0.3) is 5.91 Å². The van der Waals surface area contributed by atoms with Crippen LogP contribution in [0.3, 0.4) is 0 Å². The minimum atomic E-state index is 0.0846. The predicted molar refractivity (Wildman–Crippen MR) is 70.6 cm³/mol. The summed E-state index contributed by atoms with van der Waals surface area (Å²) in [6, 6.07) is 10.0. The van der Waals surface area contributed by atoms with Gasteiger partial charge >= 0.3 is 0 Å². The van der Waals surface area contributed by atoms with Crippen molar-refractivity contribution in [1.82, 2.24) is 0 Å². The van der Waals surface area contributed by atoms with E-state index >= 15 is 0 Å². The highest BCUT2D eigenvalue weighted by Gasteiger charge is 2.27. The zero-order valence-corrected chi connectivity index (χ0v) is 9.73. The lowest BCUT2D eigenvalue weighted by atomic mass is 9.99. The van der Waals surface area contributed by atoms with Crippen molar-refractivity contribution in [3.8, 4) is 0 Å². The van der Waals surface area contributed by atoms with Crippen LogP contribution in [0.15, 0.2) is 43.0 Å². The number of anilines is 1. The van der Waals surface area contributed by atoms with E-state index in [1.165, 1.54) is 5.56 Å². The SMILES string of the molecule is C=CCc1ccc2c3c(cccc13)C(=O)N2C. The molecule has 2 aromatic rings. The minimum Gasteiger partial charge on any atom is -0.311 e. The van der Waals surface area contributed by atoms with E-state index in [0.717, 1.165) is 28.4 Å². The molecular weight excluding hydrogens is 210 g/mol. The lowest BCUT2D eigenvalue weighted by molar-refractivity contribution is 0.0999. The van der Waals surface area contributed by atoms with Gasteiger partial charge in [0.1, 0.15) is 0 Å². The molecule has 0 saturated heterocycles. The Bertz CT molecular complexity index is 643. The number of benzene rings is 2. The zero-order valence-electron chi connectivity index (χ0n) is 9.73. The number of rotatable bonds is 2. The van der Waals surface area contributed by atoms with Gasteiger partial charge in [-0.2, -0.15) is 0 Å². The Labute approximate surface area is 100 Å². The first-order valence-electron chi connectivity index (χ1n) is 5.67. The molecule has 1 heterocycles. The number of carbonyl (C=O) groups excluding carboxylic acids is 1. The Morgan fingerprint density at radius 2 is 2.12 bits per heavy atom. The molecule has 2 aromatic carbocycles. The largest absolute Gasteiger partial charge is 0.311 e. The monoisotopic (exact) mass is 223 g/mol. The maximum absolute atomic E-state index is 12.1. The molecule has 2 heteroatoms. The lowest BCUT2D eigenvalue weighted by Crippen LogP contribution is -2.20. The standard InChI is InChI=1S/C15H13NO/c1-3-5-10-8-9-13-14-11(10)6-4-7-12(14)15(17)16(13)2/h3-4,6-9H,1,5H2,2H3. The van der Waals surface area contributed by atoms with Gasteiger partial charge in [-0.05, 0) is 29.5 Å². The molecule has 2 nitrogen and oxygen atoms in total. The summed E-state index contributed by atoms with van der Waals surface area (Å²) in [5.74, 6) is 0.0846. The van der Waals surface area contributed by atoms with Gasteiger partial charge in [-0.1, -0.05) is 24.3 Å². The van der Waals surface area contributed by atoms with Crippen molar-refractivity contribution < 1.29 is 4.79 Å². The molecule has 84 valence electrons. The van der Waals surface area contributed by atoms with Crippen LogP contribution in [0, 0.1) is 0 Å². The molecule has 0 fully saturated rings. The highest BCUT2D eigenvalue weighted by atomic mass is 16.2. The lowest BCUT2D eigenvalue weighted by Gasteiger charge is -2.10. The highest BCUT2D eigenvalue weighted by Crippen LogP contribution is 2.38. The van der Waals surface area contributed by atoms with Crippen LogP contribution in [0.4, 0.5) is 5.69 Å². The average molecular weight is 223 g/mol. The van der Waals surface area contributed by atoms with E-state index in [-0.39, 0.29) is 5.91 Å². The molecular formula is C15H13NO. The molecule has 0 N–H and O–H groups in total. The topological polar surface area (TPSA) is 20.3 Å². The Morgan fingerprint density at radius 1 is 1.29 bits per heavy atom. The van der Waals surface area contributed by atoms with Crippen molar-refractivity contribution in [2.24, 2.45) is 0 Å². The molecule has 0 radical (unpaired) electrons. The molecule has 0 atom stereocenters. The van der Waals surface area contributed by atoms with Gasteiger partial charge in [-0.3, -0.25) is 4.79 Å². The van der Waals surface area contributed by atoms with Gasteiger partial charge in [-0.15, -0.1) is 6.58 Å². The van der Waals surface area contributed by atoms with Gasteiger partial charge in [0.05, 0.1) is 5.69 Å². The smallest absolute Gasteiger partial charge is 0.258 e. The van der Waals surface area contributed by atoms with Crippen LogP contribution >= 0.6 is 0 Å². The second-order valence-electron chi connectivity index (χ2n) is 4.33. The molecule has 1 amide bonds. The van der Waals surface area contributed by atoms with Crippen molar-refractivity contribution in [3.63, 3.8) is 0 Å². The fourth-order valence-electron chi connectivity index (χ4n) is 2.53. The second-order valence-corrected chi connectivity index (χ2v) is 4.33. The molecule has 1 aliphatic heterocycles. The number of nitrogens with zero attached hydrogens (tertiary/aromatic N) is 1. The molecule has 0 spiro atoms. The number of hydrogen-bond acceptors (Lipinski definition) is 1. The number of allylic oxidation sites excluding steroid dienone is 1. The first-order valence-corrected chi connectivity index (χ1v) is 5.67. The number of amides is 1. The van der Waals surface area contributed by atoms with Crippen LogP contribution in [0.25, 0.3) is 10.8 Å². The quantitative estimate of drug-likeness (QED) is 0.716. The van der Waals surface area contributed by atoms with Crippen molar-refractivity contribution >= 4 is 22.4 Å². The third kappa shape index (κ3) is 1.24. The molecule has 0 unspecified atom stereocenters. The molecule has 3 rings (SSSR count). The summed E-state index contributed by atoms with van der Waals surface area (Å²) in [4.78, 5) is 13.8. The summed E-state index contributed by atoms with van der Waals surface area (Å²) in [7, 11) is 1.82. The van der Waals surface area contributed by atoms with Gasteiger partial charge in [-0.25, -0.2) is 0 Å². The second kappa shape index (κ2) is 3.45. The van der Waals surface area contributed by atoms with Crippen LogP contribution in [0.2, 0.25) is 0 Å². The minimum absolute atomic E-state index is 0.0846. The van der Waals surface area contributed by atoms with Crippen molar-refractivity contribution in [3.05, 3.63) is 54.1 Å². The maximum Gasteiger partial charge on any atom is 0.258 e. The van der Waals surface area contributed by atoms with E-state index in [1.807, 2.05) is 31.3 Å². The van der Waals surface area contributed by atoms with Gasteiger partial charge in [0.15, 0.2) is 0 Å². The normalized spacial score (nSPS) is 13.5. The van der Waals surface area contributed by atoms with Crippen LogP contribution in [-0.2, 0) is 6.42 Å². The summed E-state index contributed by atoms with van der Waals surface area (Å²) in [5, 5.41) is 2.25. The third-order valence-corrected chi connectivity index (χ3v) is 3.37. The van der Waals surface area contributed by atoms with E-state index in [0.29, 0.717) is 0 Å². The fraction of sp³-hybridized carbons (Fsp3) is 0.133. The summed E-state index contributed by atoms with van der Waals surface area (Å²) in [6.07, 6.45) is 2.72. The summed E-state index contributed by atoms with van der Waals surface area (Å²) in [5.41, 5.74) is 3.04. The fourth-order valence-corrected chi connectivity index (χ4v) is 2.53. The van der Waals surface area contributed by atoms with Crippen LogP contribution in [-0.4, -0.2) is 13.0 Å². The molecule has 0 bridgehead atoms. The van der Waals surface area contributed by atoms with E-state index in [9.17, 15) is 4.79 Å². The maximum atomic E-state index is 12.1. The predicted octanol–water partition coefficient (Wildman–Crippen LogP) is 3.16. The van der Waals surface area contributed by atoms with Crippen molar-refractivity contribution in [1.29, 1.82) is 0 Å². The number of hydrogen-bond donors (Lipinski definition) is 0. The average Bonchev–Trinajstić information content (AvgIpc) is 2.60. The number of carbonyl (C=O) groups is 1. The first-order chi connectivity index (χ1) is 8.24. The zero-order chi connectivity index (χ0) is 12.0. The Hall–Kier alpha value is -2.09. The summed E-state index contributed by atoms with van der Waals surface area (Å²) >= 11 is 0. The van der Waals surface area contributed by atoms with Crippen molar-refractivity contribution in [2.45, 2.75) is 6.42 Å². The van der Waals surface area contributed by atoms with E-state index in [2.05, 4.69) is 18.7 Å². The van der Waals surface area contributed by atoms with Gasteiger partial charge in [0.2, 0.25) is 0 Å². The summed E-state index contributed by atoms with van der Waals surface area (Å²) < 4.78 is 0. The van der Waals surface area contributed by atoms with E-state index in [1.54, 1.807) is 4.90 Å². The van der Waals surface area contributed by atoms with Crippen molar-refractivity contribution in [2.75, 3.05) is 11.9 Å². The summed E-state index contributed by atoms with van der Waals surface area (Å²) in [6.45, 7) is 3.78. The van der Waals surface area contributed by atoms with Crippen LogP contribution in [0.5, 0.6) is 0 Å². The Balaban J connectivity index is 2.41. The van der Waals surface area contributed by atoms with E-state index < -0.39 is 0 Å².